The summed E-state index contributed by atoms with van der Waals surface area (Å²) in [4.78, 5) is 29.3. The SMILES string of the molecule is CN(C(=O)c1cccc(-n2nc(C(F)(F)F)c3c2C[C@H]2CC[C@@H]3N2C(=O)OC(C)(C)C)c1)c1ccc2c(c1)OCO2. The molecule has 0 N–H and O–H groups in total. The molecule has 2 atom stereocenters. The van der Waals surface area contributed by atoms with E-state index in [9.17, 15) is 22.8 Å². The number of nitrogens with zero attached hydrogens (tertiary/aromatic N) is 4. The third-order valence-electron chi connectivity index (χ3n) is 7.54. The van der Waals surface area contributed by atoms with Crippen LogP contribution in [0.15, 0.2) is 42.5 Å². The van der Waals surface area contributed by atoms with Crippen molar-refractivity contribution in [2.75, 3.05) is 18.7 Å². The second-order valence-corrected chi connectivity index (χ2v) is 11.4. The lowest BCUT2D eigenvalue weighted by molar-refractivity contribution is -0.142. The van der Waals surface area contributed by atoms with Crippen molar-refractivity contribution in [3.8, 4) is 17.2 Å². The first-order valence-electron chi connectivity index (χ1n) is 13.3. The predicted molar refractivity (Wildman–Crippen MR) is 141 cm³/mol. The molecule has 4 heterocycles. The van der Waals surface area contributed by atoms with Crippen molar-refractivity contribution >= 4 is 17.7 Å². The van der Waals surface area contributed by atoms with Crippen molar-refractivity contribution < 1.29 is 37.0 Å². The molecule has 2 bridgehead atoms. The van der Waals surface area contributed by atoms with E-state index in [-0.39, 0.29) is 36.3 Å². The van der Waals surface area contributed by atoms with Gasteiger partial charge in [0, 0.05) is 42.4 Å². The van der Waals surface area contributed by atoms with Gasteiger partial charge in [-0.25, -0.2) is 9.48 Å². The van der Waals surface area contributed by atoms with Gasteiger partial charge in [-0.2, -0.15) is 18.3 Å². The van der Waals surface area contributed by atoms with Crippen molar-refractivity contribution in [2.45, 2.75) is 63.9 Å². The van der Waals surface area contributed by atoms with Gasteiger partial charge in [0.25, 0.3) is 5.91 Å². The summed E-state index contributed by atoms with van der Waals surface area (Å²) in [5, 5.41) is 4.02. The first kappa shape index (κ1) is 27.0. The monoisotopic (exact) mass is 570 g/mol. The summed E-state index contributed by atoms with van der Waals surface area (Å²) in [6.07, 6.45) is -4.25. The summed E-state index contributed by atoms with van der Waals surface area (Å²) in [5.41, 5.74) is -0.264. The van der Waals surface area contributed by atoms with Gasteiger partial charge in [-0.15, -0.1) is 0 Å². The summed E-state index contributed by atoms with van der Waals surface area (Å²) in [6.45, 7) is 5.27. The molecular weight excluding hydrogens is 541 g/mol. The number of halogens is 3. The topological polar surface area (TPSA) is 86.1 Å². The summed E-state index contributed by atoms with van der Waals surface area (Å²) >= 11 is 0. The van der Waals surface area contributed by atoms with Gasteiger partial charge in [-0.1, -0.05) is 6.07 Å². The number of fused-ring (bicyclic) bond motifs is 5. The number of hydrogen-bond acceptors (Lipinski definition) is 6. The quantitative estimate of drug-likeness (QED) is 0.390. The molecule has 1 fully saturated rings. The number of benzene rings is 2. The van der Waals surface area contributed by atoms with E-state index in [4.69, 9.17) is 14.2 Å². The van der Waals surface area contributed by atoms with Crippen LogP contribution in [-0.2, 0) is 17.3 Å². The Labute approximate surface area is 234 Å². The van der Waals surface area contributed by atoms with Crippen LogP contribution in [0.2, 0.25) is 0 Å². The minimum Gasteiger partial charge on any atom is -0.454 e. The van der Waals surface area contributed by atoms with E-state index >= 15 is 0 Å². The minimum atomic E-state index is -4.74. The molecule has 3 aliphatic heterocycles. The molecule has 0 unspecified atom stereocenters. The van der Waals surface area contributed by atoms with Gasteiger partial charge >= 0.3 is 12.3 Å². The Kier molecular flexibility index (Phi) is 6.20. The van der Waals surface area contributed by atoms with Crippen molar-refractivity contribution in [3.63, 3.8) is 0 Å². The van der Waals surface area contributed by atoms with Crippen LogP contribution in [0.4, 0.5) is 23.7 Å². The number of amides is 2. The van der Waals surface area contributed by atoms with Crippen LogP contribution in [0.3, 0.4) is 0 Å². The average Bonchev–Trinajstić information content (AvgIpc) is 3.61. The van der Waals surface area contributed by atoms with Crippen molar-refractivity contribution in [2.24, 2.45) is 0 Å². The molecular formula is C29H29F3N4O5. The maximum atomic E-state index is 14.3. The van der Waals surface area contributed by atoms with Crippen molar-refractivity contribution in [3.05, 3.63) is 65.0 Å². The van der Waals surface area contributed by atoms with Gasteiger partial charge in [-0.05, 0) is 63.9 Å². The van der Waals surface area contributed by atoms with Crippen LogP contribution in [-0.4, -0.2) is 52.2 Å². The van der Waals surface area contributed by atoms with E-state index in [0.29, 0.717) is 41.4 Å². The Morgan fingerprint density at radius 1 is 1.05 bits per heavy atom. The maximum Gasteiger partial charge on any atom is 0.435 e. The average molecular weight is 571 g/mol. The molecule has 0 saturated carbocycles. The van der Waals surface area contributed by atoms with Gasteiger partial charge in [0.2, 0.25) is 6.79 Å². The van der Waals surface area contributed by atoms with Crippen molar-refractivity contribution in [1.82, 2.24) is 14.7 Å². The highest BCUT2D eigenvalue weighted by molar-refractivity contribution is 6.06. The molecule has 1 saturated heterocycles. The maximum absolute atomic E-state index is 14.3. The Bertz CT molecular complexity index is 1540. The molecule has 3 aromatic rings. The van der Waals surface area contributed by atoms with E-state index < -0.39 is 29.6 Å². The molecule has 2 aromatic carbocycles. The van der Waals surface area contributed by atoms with Crippen LogP contribution in [0.5, 0.6) is 11.5 Å². The van der Waals surface area contributed by atoms with E-state index in [1.165, 1.54) is 20.5 Å². The molecule has 9 nitrogen and oxygen atoms in total. The van der Waals surface area contributed by atoms with Gasteiger partial charge in [0.1, 0.15) is 5.60 Å². The number of anilines is 1. The fourth-order valence-electron chi connectivity index (χ4n) is 5.79. The zero-order valence-electron chi connectivity index (χ0n) is 23.0. The number of carbonyl (C=O) groups is 2. The minimum absolute atomic E-state index is 0.00804. The largest absolute Gasteiger partial charge is 0.454 e. The summed E-state index contributed by atoms with van der Waals surface area (Å²) in [5.74, 6) is 0.743. The van der Waals surface area contributed by atoms with Crippen LogP contribution < -0.4 is 14.4 Å². The second kappa shape index (κ2) is 9.42. The third-order valence-corrected chi connectivity index (χ3v) is 7.54. The molecule has 2 amide bonds. The fourth-order valence-corrected chi connectivity index (χ4v) is 5.79. The van der Waals surface area contributed by atoms with Crippen molar-refractivity contribution in [1.29, 1.82) is 0 Å². The molecule has 3 aliphatic rings. The molecule has 0 radical (unpaired) electrons. The number of ether oxygens (including phenoxy) is 3. The summed E-state index contributed by atoms with van der Waals surface area (Å²) in [6, 6.07) is 10.4. The molecule has 6 rings (SSSR count). The lowest BCUT2D eigenvalue weighted by atomic mass is 9.97. The standard InChI is InChI=1S/C29H29F3N4O5/c1-28(2,3)41-27(38)35-18-8-10-20(35)24-21(13-18)36(33-25(24)29(30,31)32)19-7-5-6-16(12-19)26(37)34(4)17-9-11-22-23(14-17)40-15-39-22/h5-7,9,11-12,14,18,20H,8,10,13,15H2,1-4H3/t18-,20+/m1/s1. The smallest absolute Gasteiger partial charge is 0.435 e. The molecule has 0 aliphatic carbocycles. The Morgan fingerprint density at radius 3 is 2.54 bits per heavy atom. The highest BCUT2D eigenvalue weighted by atomic mass is 19.4. The van der Waals surface area contributed by atoms with E-state index in [0.717, 1.165) is 0 Å². The van der Waals surface area contributed by atoms with Crippen LogP contribution in [0, 0.1) is 0 Å². The highest BCUT2D eigenvalue weighted by Gasteiger charge is 2.51. The zero-order valence-corrected chi connectivity index (χ0v) is 23.0. The molecule has 12 heteroatoms. The lowest BCUT2D eigenvalue weighted by Crippen LogP contribution is -2.45. The summed E-state index contributed by atoms with van der Waals surface area (Å²) < 4.78 is 60.5. The first-order chi connectivity index (χ1) is 19.3. The number of aromatic nitrogens is 2. The van der Waals surface area contributed by atoms with Gasteiger partial charge < -0.3 is 19.1 Å². The normalized spacial score (nSPS) is 19.2. The highest BCUT2D eigenvalue weighted by Crippen LogP contribution is 2.49. The van der Waals surface area contributed by atoms with Gasteiger partial charge in [0.15, 0.2) is 17.2 Å². The van der Waals surface area contributed by atoms with Crippen LogP contribution in [0.25, 0.3) is 5.69 Å². The van der Waals surface area contributed by atoms with E-state index in [1.54, 1.807) is 64.2 Å². The van der Waals surface area contributed by atoms with Crippen LogP contribution >= 0.6 is 0 Å². The molecule has 41 heavy (non-hydrogen) atoms. The predicted octanol–water partition coefficient (Wildman–Crippen LogP) is 5.89. The Balaban J connectivity index is 1.36. The zero-order chi connectivity index (χ0) is 29.3. The second-order valence-electron chi connectivity index (χ2n) is 11.4. The Hall–Kier alpha value is -4.22. The third kappa shape index (κ3) is 4.74. The molecule has 216 valence electrons. The number of hydrogen-bond donors (Lipinski definition) is 0. The number of alkyl halides is 3. The summed E-state index contributed by atoms with van der Waals surface area (Å²) in [7, 11) is 1.60. The van der Waals surface area contributed by atoms with E-state index in [1.807, 2.05) is 0 Å². The molecule has 1 aromatic heterocycles. The molecule has 0 spiro atoms. The Morgan fingerprint density at radius 2 is 1.80 bits per heavy atom. The lowest BCUT2D eigenvalue weighted by Gasteiger charge is -2.36. The fraction of sp³-hybridized carbons (Fsp3) is 0.414. The number of carbonyl (C=O) groups excluding carboxylic acids is 2. The van der Waals surface area contributed by atoms with E-state index in [2.05, 4.69) is 5.10 Å². The van der Waals surface area contributed by atoms with Crippen LogP contribution in [0.1, 0.15) is 67.0 Å². The first-order valence-corrected chi connectivity index (χ1v) is 13.3. The van der Waals surface area contributed by atoms with Gasteiger partial charge in [0.05, 0.1) is 17.4 Å². The number of rotatable bonds is 3. The van der Waals surface area contributed by atoms with Gasteiger partial charge in [-0.3, -0.25) is 9.69 Å².